The first-order valence-corrected chi connectivity index (χ1v) is 5.62. The normalized spacial score (nSPS) is 17.1. The van der Waals surface area contributed by atoms with Crippen LogP contribution in [-0.2, 0) is 4.74 Å². The zero-order valence-electron chi connectivity index (χ0n) is 6.80. The summed E-state index contributed by atoms with van der Waals surface area (Å²) in [6, 6.07) is 4.76. The Hall–Kier alpha value is -0.0600. The predicted octanol–water partition coefficient (Wildman–Crippen LogP) is 3.08. The molecule has 0 bridgehead atoms. The molecule has 0 aliphatic carbocycles. The standard InChI is InChI=1S/C9H8BrFOS/c10-8-3-6(11)1-2-9(8)13-7-4-12-5-7/h1-3,7H,4-5H2. The molecule has 0 radical (unpaired) electrons. The van der Waals surface area contributed by atoms with Gasteiger partial charge in [-0.05, 0) is 34.1 Å². The minimum atomic E-state index is -0.207. The fourth-order valence-corrected chi connectivity index (χ4v) is 2.67. The lowest BCUT2D eigenvalue weighted by Gasteiger charge is -2.25. The van der Waals surface area contributed by atoms with E-state index in [2.05, 4.69) is 15.9 Å². The van der Waals surface area contributed by atoms with E-state index in [0.717, 1.165) is 22.6 Å². The van der Waals surface area contributed by atoms with Gasteiger partial charge in [0, 0.05) is 9.37 Å². The van der Waals surface area contributed by atoms with E-state index in [1.54, 1.807) is 17.8 Å². The molecule has 1 aromatic carbocycles. The van der Waals surface area contributed by atoms with E-state index in [-0.39, 0.29) is 5.82 Å². The van der Waals surface area contributed by atoms with Crippen LogP contribution < -0.4 is 0 Å². The molecule has 1 heterocycles. The molecule has 1 aromatic rings. The fourth-order valence-electron chi connectivity index (χ4n) is 1.03. The maximum absolute atomic E-state index is 12.7. The third-order valence-electron chi connectivity index (χ3n) is 1.80. The van der Waals surface area contributed by atoms with Crippen molar-refractivity contribution in [2.45, 2.75) is 10.1 Å². The summed E-state index contributed by atoms with van der Waals surface area (Å²) in [5, 5.41) is 0.529. The van der Waals surface area contributed by atoms with E-state index in [1.165, 1.54) is 12.1 Å². The molecule has 1 fully saturated rings. The van der Waals surface area contributed by atoms with Gasteiger partial charge in [0.25, 0.3) is 0 Å². The van der Waals surface area contributed by atoms with Gasteiger partial charge in [0.1, 0.15) is 5.82 Å². The predicted molar refractivity (Wildman–Crippen MR) is 54.6 cm³/mol. The lowest BCUT2D eigenvalue weighted by Crippen LogP contribution is -2.30. The lowest BCUT2D eigenvalue weighted by molar-refractivity contribution is 0.0455. The molecule has 0 unspecified atom stereocenters. The Bertz CT molecular complexity index is 314. The van der Waals surface area contributed by atoms with E-state index >= 15 is 0 Å². The van der Waals surface area contributed by atoms with Gasteiger partial charge in [0.15, 0.2) is 0 Å². The minimum absolute atomic E-state index is 0.207. The summed E-state index contributed by atoms with van der Waals surface area (Å²) in [5.74, 6) is -0.207. The number of benzene rings is 1. The van der Waals surface area contributed by atoms with Crippen LogP contribution in [0.25, 0.3) is 0 Å². The van der Waals surface area contributed by atoms with Gasteiger partial charge in [0.05, 0.1) is 18.5 Å². The van der Waals surface area contributed by atoms with Gasteiger partial charge in [-0.25, -0.2) is 4.39 Å². The average molecular weight is 263 g/mol. The van der Waals surface area contributed by atoms with E-state index in [4.69, 9.17) is 4.74 Å². The molecule has 0 amide bonds. The molecule has 0 N–H and O–H groups in total. The molecular formula is C9H8BrFOS. The first kappa shape index (κ1) is 9.49. The zero-order valence-corrected chi connectivity index (χ0v) is 9.20. The monoisotopic (exact) mass is 262 g/mol. The molecule has 0 aromatic heterocycles. The summed E-state index contributed by atoms with van der Waals surface area (Å²) in [6.07, 6.45) is 0. The number of rotatable bonds is 2. The van der Waals surface area contributed by atoms with Gasteiger partial charge in [0.2, 0.25) is 0 Å². The SMILES string of the molecule is Fc1ccc(SC2COC2)c(Br)c1. The number of halogens is 2. The molecule has 1 aliphatic rings. The van der Waals surface area contributed by atoms with E-state index < -0.39 is 0 Å². The average Bonchev–Trinajstić information content (AvgIpc) is 1.99. The van der Waals surface area contributed by atoms with Crippen LogP contribution in [0.4, 0.5) is 4.39 Å². The van der Waals surface area contributed by atoms with Crippen molar-refractivity contribution in [3.8, 4) is 0 Å². The molecule has 0 saturated carbocycles. The summed E-state index contributed by atoms with van der Waals surface area (Å²) in [6.45, 7) is 1.60. The largest absolute Gasteiger partial charge is 0.379 e. The second-order valence-electron chi connectivity index (χ2n) is 2.85. The van der Waals surface area contributed by atoms with Crippen LogP contribution >= 0.6 is 27.7 Å². The maximum atomic E-state index is 12.7. The first-order chi connectivity index (χ1) is 6.25. The van der Waals surface area contributed by atoms with Gasteiger partial charge in [-0.3, -0.25) is 0 Å². The summed E-state index contributed by atoms with van der Waals surface area (Å²) in [7, 11) is 0. The van der Waals surface area contributed by atoms with Crippen LogP contribution in [0, 0.1) is 5.82 Å². The van der Waals surface area contributed by atoms with Gasteiger partial charge in [-0.1, -0.05) is 0 Å². The second kappa shape index (κ2) is 3.98. The van der Waals surface area contributed by atoms with Gasteiger partial charge >= 0.3 is 0 Å². The van der Waals surface area contributed by atoms with Crippen LogP contribution in [0.5, 0.6) is 0 Å². The Morgan fingerprint density at radius 2 is 2.23 bits per heavy atom. The van der Waals surface area contributed by atoms with Crippen LogP contribution in [0.3, 0.4) is 0 Å². The van der Waals surface area contributed by atoms with Crippen LogP contribution in [-0.4, -0.2) is 18.5 Å². The summed E-state index contributed by atoms with van der Waals surface area (Å²) in [4.78, 5) is 1.08. The third kappa shape index (κ3) is 2.24. The highest BCUT2D eigenvalue weighted by atomic mass is 79.9. The van der Waals surface area contributed by atoms with Crippen molar-refractivity contribution in [1.82, 2.24) is 0 Å². The molecule has 13 heavy (non-hydrogen) atoms. The molecule has 0 atom stereocenters. The molecule has 2 rings (SSSR count). The van der Waals surface area contributed by atoms with E-state index in [1.807, 2.05) is 0 Å². The van der Waals surface area contributed by atoms with Gasteiger partial charge in [-0.15, -0.1) is 11.8 Å². The minimum Gasteiger partial charge on any atom is -0.379 e. The van der Waals surface area contributed by atoms with Gasteiger partial charge in [-0.2, -0.15) is 0 Å². The molecule has 70 valence electrons. The van der Waals surface area contributed by atoms with Crippen LogP contribution in [0.1, 0.15) is 0 Å². The quantitative estimate of drug-likeness (QED) is 0.810. The van der Waals surface area contributed by atoms with E-state index in [0.29, 0.717) is 5.25 Å². The van der Waals surface area contributed by atoms with Crippen molar-refractivity contribution in [1.29, 1.82) is 0 Å². The maximum Gasteiger partial charge on any atom is 0.124 e. The Morgan fingerprint density at radius 1 is 1.46 bits per heavy atom. The summed E-state index contributed by atoms with van der Waals surface area (Å²) >= 11 is 5.05. The smallest absolute Gasteiger partial charge is 0.124 e. The number of ether oxygens (including phenoxy) is 1. The fraction of sp³-hybridized carbons (Fsp3) is 0.333. The molecule has 1 aliphatic heterocycles. The Morgan fingerprint density at radius 3 is 2.77 bits per heavy atom. The number of hydrogen-bond acceptors (Lipinski definition) is 2. The first-order valence-electron chi connectivity index (χ1n) is 3.95. The Kier molecular flexibility index (Phi) is 2.91. The molecular weight excluding hydrogens is 255 g/mol. The van der Waals surface area contributed by atoms with Crippen molar-refractivity contribution < 1.29 is 9.13 Å². The number of thioether (sulfide) groups is 1. The third-order valence-corrected chi connectivity index (χ3v) is 3.93. The highest BCUT2D eigenvalue weighted by Gasteiger charge is 2.20. The molecule has 1 nitrogen and oxygen atoms in total. The van der Waals surface area contributed by atoms with Crippen molar-refractivity contribution >= 4 is 27.7 Å². The molecule has 1 saturated heterocycles. The summed E-state index contributed by atoms with van der Waals surface area (Å²) < 4.78 is 18.6. The Balaban J connectivity index is 2.10. The van der Waals surface area contributed by atoms with Gasteiger partial charge < -0.3 is 4.74 Å². The van der Waals surface area contributed by atoms with Crippen molar-refractivity contribution in [2.75, 3.05) is 13.2 Å². The lowest BCUT2D eigenvalue weighted by atomic mass is 10.3. The van der Waals surface area contributed by atoms with Crippen molar-refractivity contribution in [3.63, 3.8) is 0 Å². The molecule has 0 spiro atoms. The highest BCUT2D eigenvalue weighted by Crippen LogP contribution is 2.33. The molecule has 4 heteroatoms. The Labute approximate surface area is 88.8 Å². The second-order valence-corrected chi connectivity index (χ2v) is 5.05. The zero-order chi connectivity index (χ0) is 9.26. The van der Waals surface area contributed by atoms with Crippen molar-refractivity contribution in [3.05, 3.63) is 28.5 Å². The van der Waals surface area contributed by atoms with E-state index in [9.17, 15) is 4.39 Å². The number of hydrogen-bond donors (Lipinski definition) is 0. The van der Waals surface area contributed by atoms with Crippen molar-refractivity contribution in [2.24, 2.45) is 0 Å². The van der Waals surface area contributed by atoms with Crippen LogP contribution in [0.2, 0.25) is 0 Å². The van der Waals surface area contributed by atoms with Crippen LogP contribution in [0.15, 0.2) is 27.6 Å². The topological polar surface area (TPSA) is 9.23 Å². The highest BCUT2D eigenvalue weighted by molar-refractivity contribution is 9.10. The summed E-state index contributed by atoms with van der Waals surface area (Å²) in [5.41, 5.74) is 0.